The zero-order valence-corrected chi connectivity index (χ0v) is 8.40. The molecule has 0 aliphatic carbocycles. The van der Waals surface area contributed by atoms with E-state index in [-0.39, 0.29) is 0 Å². The Morgan fingerprint density at radius 2 is 1.09 bits per heavy atom. The van der Waals surface area contributed by atoms with Crippen molar-refractivity contribution < 1.29 is 5.11 Å². The first-order valence-electron chi connectivity index (χ1n) is 4.94. The van der Waals surface area contributed by atoms with Crippen molar-refractivity contribution in [3.63, 3.8) is 0 Å². The minimum absolute atomic E-state index is 0.319. The molecule has 0 spiro atoms. The minimum Gasteiger partial charge on any atom is -0.396 e. The number of rotatable bonds is 5. The summed E-state index contributed by atoms with van der Waals surface area (Å²) in [6.07, 6.45) is 7.88. The molecular formula is C10H24O. The topological polar surface area (TPSA) is 20.2 Å². The van der Waals surface area contributed by atoms with Gasteiger partial charge >= 0.3 is 0 Å². The predicted octanol–water partition coefficient (Wildman–Crippen LogP) is 3.37. The first kappa shape index (κ1) is 13.5. The fraction of sp³-hybridized carbons (Fsp3) is 1.00. The van der Waals surface area contributed by atoms with E-state index in [2.05, 4.69) is 13.8 Å². The van der Waals surface area contributed by atoms with Crippen LogP contribution in [0.25, 0.3) is 0 Å². The lowest BCUT2D eigenvalue weighted by atomic mass is 10.2. The van der Waals surface area contributed by atoms with E-state index in [0.717, 1.165) is 6.42 Å². The lowest BCUT2D eigenvalue weighted by molar-refractivity contribution is 0.295. The Morgan fingerprint density at radius 3 is 1.27 bits per heavy atom. The van der Waals surface area contributed by atoms with E-state index in [1.807, 2.05) is 6.92 Å². The Bertz CT molecular complexity index is 38.1. The molecule has 11 heavy (non-hydrogen) atoms. The quantitative estimate of drug-likeness (QED) is 0.611. The van der Waals surface area contributed by atoms with Crippen LogP contribution in [0.2, 0.25) is 0 Å². The number of hydrogen-bond donors (Lipinski definition) is 1. The number of aliphatic hydroxyl groups excluding tert-OH is 1. The first-order valence-corrected chi connectivity index (χ1v) is 4.94. The van der Waals surface area contributed by atoms with Crippen LogP contribution in [0.5, 0.6) is 0 Å². The molecule has 0 radical (unpaired) electrons. The lowest BCUT2D eigenvalue weighted by Gasteiger charge is -1.90. The van der Waals surface area contributed by atoms with Crippen LogP contribution in [0.3, 0.4) is 0 Å². The highest BCUT2D eigenvalue weighted by atomic mass is 16.2. The Morgan fingerprint density at radius 1 is 0.727 bits per heavy atom. The SMILES string of the molecule is CCCCCCC.CCCO. The summed E-state index contributed by atoms with van der Waals surface area (Å²) in [6, 6.07) is 0. The van der Waals surface area contributed by atoms with Gasteiger partial charge in [0.1, 0.15) is 0 Å². The minimum atomic E-state index is 0.319. The smallest absolute Gasteiger partial charge is 0.0428 e. The molecule has 1 N–H and O–H groups in total. The van der Waals surface area contributed by atoms with E-state index in [0.29, 0.717) is 6.61 Å². The maximum absolute atomic E-state index is 7.88. The van der Waals surface area contributed by atoms with Crippen LogP contribution in [0.15, 0.2) is 0 Å². The van der Waals surface area contributed by atoms with Gasteiger partial charge in [0, 0.05) is 6.61 Å². The molecule has 70 valence electrons. The van der Waals surface area contributed by atoms with Gasteiger partial charge in [-0.3, -0.25) is 0 Å². The summed E-state index contributed by atoms with van der Waals surface area (Å²) in [5.74, 6) is 0. The molecule has 1 nitrogen and oxygen atoms in total. The zero-order chi connectivity index (χ0) is 8.95. The first-order chi connectivity index (χ1) is 5.33. The lowest BCUT2D eigenvalue weighted by Crippen LogP contribution is -1.70. The summed E-state index contributed by atoms with van der Waals surface area (Å²) in [6.45, 7) is 6.74. The second-order valence-electron chi connectivity index (χ2n) is 2.78. The summed E-state index contributed by atoms with van der Waals surface area (Å²) in [4.78, 5) is 0. The Balaban J connectivity index is 0. The Labute approximate surface area is 71.8 Å². The molecule has 0 saturated carbocycles. The molecule has 0 rings (SSSR count). The van der Waals surface area contributed by atoms with Crippen molar-refractivity contribution in [2.24, 2.45) is 0 Å². The third-order valence-electron chi connectivity index (χ3n) is 1.43. The van der Waals surface area contributed by atoms with Crippen molar-refractivity contribution in [2.75, 3.05) is 6.61 Å². The van der Waals surface area contributed by atoms with Crippen LogP contribution in [-0.2, 0) is 0 Å². The Hall–Kier alpha value is -0.0400. The molecule has 1 heteroatoms. The van der Waals surface area contributed by atoms with Crippen molar-refractivity contribution in [1.82, 2.24) is 0 Å². The van der Waals surface area contributed by atoms with Crippen LogP contribution in [0.4, 0.5) is 0 Å². The van der Waals surface area contributed by atoms with Crippen molar-refractivity contribution >= 4 is 0 Å². The van der Waals surface area contributed by atoms with Crippen LogP contribution in [0, 0.1) is 0 Å². The molecule has 0 aliphatic heterocycles. The summed E-state index contributed by atoms with van der Waals surface area (Å²) >= 11 is 0. The summed E-state index contributed by atoms with van der Waals surface area (Å²) in [7, 11) is 0. The molecule has 0 heterocycles. The van der Waals surface area contributed by atoms with Gasteiger partial charge in [-0.1, -0.05) is 52.9 Å². The van der Waals surface area contributed by atoms with Crippen molar-refractivity contribution in [3.05, 3.63) is 0 Å². The van der Waals surface area contributed by atoms with Crippen LogP contribution in [-0.4, -0.2) is 11.7 Å². The van der Waals surface area contributed by atoms with Crippen LogP contribution < -0.4 is 0 Å². The fourth-order valence-corrected chi connectivity index (χ4v) is 0.677. The molecule has 0 atom stereocenters. The average molecular weight is 160 g/mol. The fourth-order valence-electron chi connectivity index (χ4n) is 0.677. The van der Waals surface area contributed by atoms with Crippen molar-refractivity contribution in [2.45, 2.75) is 59.3 Å². The molecular weight excluding hydrogens is 136 g/mol. The summed E-state index contributed by atoms with van der Waals surface area (Å²) < 4.78 is 0. The Kier molecular flexibility index (Phi) is 20.3. The molecule has 0 amide bonds. The van der Waals surface area contributed by atoms with E-state index < -0.39 is 0 Å². The van der Waals surface area contributed by atoms with Gasteiger partial charge in [-0.2, -0.15) is 0 Å². The van der Waals surface area contributed by atoms with Gasteiger partial charge < -0.3 is 5.11 Å². The molecule has 0 aromatic heterocycles. The van der Waals surface area contributed by atoms with Crippen molar-refractivity contribution in [3.8, 4) is 0 Å². The molecule has 0 fully saturated rings. The van der Waals surface area contributed by atoms with Gasteiger partial charge in [0.05, 0.1) is 0 Å². The highest BCUT2D eigenvalue weighted by molar-refractivity contribution is 4.35. The van der Waals surface area contributed by atoms with Gasteiger partial charge in [0.25, 0.3) is 0 Å². The third-order valence-corrected chi connectivity index (χ3v) is 1.43. The molecule has 0 unspecified atom stereocenters. The van der Waals surface area contributed by atoms with Gasteiger partial charge in [-0.05, 0) is 6.42 Å². The maximum Gasteiger partial charge on any atom is 0.0428 e. The molecule has 0 bridgehead atoms. The van der Waals surface area contributed by atoms with Gasteiger partial charge in [-0.25, -0.2) is 0 Å². The second kappa shape index (κ2) is 16.5. The standard InChI is InChI=1S/C7H16.C3H8O/c1-3-5-7-6-4-2;1-2-3-4/h3-7H2,1-2H3;4H,2-3H2,1H3. The van der Waals surface area contributed by atoms with Crippen LogP contribution >= 0.6 is 0 Å². The van der Waals surface area contributed by atoms with E-state index >= 15 is 0 Å². The maximum atomic E-state index is 7.88. The van der Waals surface area contributed by atoms with E-state index in [1.54, 1.807) is 0 Å². The van der Waals surface area contributed by atoms with Crippen molar-refractivity contribution in [1.29, 1.82) is 0 Å². The van der Waals surface area contributed by atoms with Crippen LogP contribution in [0.1, 0.15) is 59.3 Å². The number of hydrogen-bond acceptors (Lipinski definition) is 1. The highest BCUT2D eigenvalue weighted by Gasteiger charge is 1.80. The zero-order valence-electron chi connectivity index (χ0n) is 8.40. The number of unbranched alkanes of at least 4 members (excludes halogenated alkanes) is 4. The molecule has 0 aromatic carbocycles. The monoisotopic (exact) mass is 160 g/mol. The second-order valence-corrected chi connectivity index (χ2v) is 2.78. The average Bonchev–Trinajstić information content (AvgIpc) is 2.06. The van der Waals surface area contributed by atoms with E-state index in [1.165, 1.54) is 32.1 Å². The molecule has 0 saturated heterocycles. The third kappa shape index (κ3) is 25.7. The van der Waals surface area contributed by atoms with Gasteiger partial charge in [0.15, 0.2) is 0 Å². The highest BCUT2D eigenvalue weighted by Crippen LogP contribution is 2.00. The van der Waals surface area contributed by atoms with E-state index in [4.69, 9.17) is 5.11 Å². The number of aliphatic hydroxyl groups is 1. The van der Waals surface area contributed by atoms with Gasteiger partial charge in [-0.15, -0.1) is 0 Å². The normalized spacial score (nSPS) is 8.73. The largest absolute Gasteiger partial charge is 0.396 e. The van der Waals surface area contributed by atoms with Gasteiger partial charge in [0.2, 0.25) is 0 Å². The molecule has 0 aromatic rings. The summed E-state index contributed by atoms with van der Waals surface area (Å²) in [5.41, 5.74) is 0. The summed E-state index contributed by atoms with van der Waals surface area (Å²) in [5, 5.41) is 7.88. The molecule has 0 aliphatic rings. The predicted molar refractivity (Wildman–Crippen MR) is 51.8 cm³/mol. The van der Waals surface area contributed by atoms with E-state index in [9.17, 15) is 0 Å².